The van der Waals surface area contributed by atoms with Crippen LogP contribution in [0.3, 0.4) is 0 Å². The Morgan fingerprint density at radius 3 is 2.59 bits per heavy atom. The third-order valence-electron chi connectivity index (χ3n) is 3.67. The van der Waals surface area contributed by atoms with E-state index in [-0.39, 0.29) is 35.7 Å². The maximum atomic E-state index is 14.3. The largest absolute Gasteiger partial charge is 0.491 e. The number of carbonyl (C=O) groups excluding carboxylic acids is 1. The number of ether oxygens (including phenoxy) is 2. The number of hydrogen-bond acceptors (Lipinski definition) is 6. The van der Waals surface area contributed by atoms with Crippen molar-refractivity contribution in [3.63, 3.8) is 0 Å². The van der Waals surface area contributed by atoms with E-state index in [1.54, 1.807) is 20.8 Å². The molecule has 2 rings (SSSR count). The van der Waals surface area contributed by atoms with E-state index in [1.807, 2.05) is 0 Å². The molecule has 0 aliphatic rings. The zero-order chi connectivity index (χ0) is 21.8. The fourth-order valence-corrected chi connectivity index (χ4v) is 2.40. The fourth-order valence-electron chi connectivity index (χ4n) is 2.40. The highest BCUT2D eigenvalue weighted by Crippen LogP contribution is 2.33. The van der Waals surface area contributed by atoms with Crippen LogP contribution in [0.25, 0.3) is 11.1 Å². The Morgan fingerprint density at radius 2 is 1.97 bits per heavy atom. The molecule has 0 unspecified atom stereocenters. The number of halogens is 1. The predicted molar refractivity (Wildman–Crippen MR) is 103 cm³/mol. The molecule has 1 aromatic heterocycles. The Hall–Kier alpha value is -3.43. The molecule has 29 heavy (non-hydrogen) atoms. The number of benzene rings is 1. The Morgan fingerprint density at radius 1 is 1.28 bits per heavy atom. The number of carbonyl (C=O) groups is 1. The van der Waals surface area contributed by atoms with E-state index in [4.69, 9.17) is 9.47 Å². The van der Waals surface area contributed by atoms with Gasteiger partial charge in [0, 0.05) is 42.6 Å². The Bertz CT molecular complexity index is 981. The van der Waals surface area contributed by atoms with Gasteiger partial charge in [-0.05, 0) is 26.8 Å². The van der Waals surface area contributed by atoms with Crippen LogP contribution in [0.4, 0.5) is 14.9 Å². The lowest BCUT2D eigenvalue weighted by atomic mass is 10.1. The highest BCUT2D eigenvalue weighted by atomic mass is 19.1. The summed E-state index contributed by atoms with van der Waals surface area (Å²) in [4.78, 5) is 34.0. The highest BCUT2D eigenvalue weighted by Gasteiger charge is 2.18. The van der Waals surface area contributed by atoms with Crippen LogP contribution in [0.1, 0.15) is 20.8 Å². The average molecular weight is 407 g/mol. The molecule has 1 N–H and O–H groups in total. The Labute approximate surface area is 166 Å². The first-order valence-corrected chi connectivity index (χ1v) is 8.72. The molecule has 0 aliphatic heterocycles. The van der Waals surface area contributed by atoms with Crippen LogP contribution in [0.5, 0.6) is 5.75 Å². The first-order chi connectivity index (χ1) is 13.5. The molecular formula is C19H22FN3O6. The Kier molecular flexibility index (Phi) is 6.57. The van der Waals surface area contributed by atoms with Gasteiger partial charge in [0.25, 0.3) is 11.2 Å². The summed E-state index contributed by atoms with van der Waals surface area (Å²) in [5.74, 6) is -0.663. The second-order valence-corrected chi connectivity index (χ2v) is 7.20. The minimum Gasteiger partial charge on any atom is -0.491 e. The molecule has 0 bridgehead atoms. The summed E-state index contributed by atoms with van der Waals surface area (Å²) >= 11 is 0. The van der Waals surface area contributed by atoms with Crippen molar-refractivity contribution < 1.29 is 23.6 Å². The molecule has 1 aromatic carbocycles. The van der Waals surface area contributed by atoms with E-state index in [9.17, 15) is 24.1 Å². The maximum Gasteiger partial charge on any atom is 0.407 e. The molecule has 0 radical (unpaired) electrons. The van der Waals surface area contributed by atoms with Gasteiger partial charge < -0.3 is 19.4 Å². The summed E-state index contributed by atoms with van der Waals surface area (Å²) in [6, 6.07) is 4.25. The average Bonchev–Trinajstić information content (AvgIpc) is 2.60. The lowest BCUT2D eigenvalue weighted by Crippen LogP contribution is -2.34. The van der Waals surface area contributed by atoms with Crippen molar-refractivity contribution in [2.75, 3.05) is 13.2 Å². The second-order valence-electron chi connectivity index (χ2n) is 7.20. The van der Waals surface area contributed by atoms with Gasteiger partial charge in [-0.25, -0.2) is 9.18 Å². The van der Waals surface area contributed by atoms with Crippen LogP contribution >= 0.6 is 0 Å². The summed E-state index contributed by atoms with van der Waals surface area (Å²) < 4.78 is 26.2. The normalized spacial score (nSPS) is 11.1. The van der Waals surface area contributed by atoms with Crippen molar-refractivity contribution in [1.82, 2.24) is 9.88 Å². The minimum atomic E-state index is -0.703. The van der Waals surface area contributed by atoms with Crippen LogP contribution in [-0.4, -0.2) is 34.3 Å². The summed E-state index contributed by atoms with van der Waals surface area (Å²) in [7, 11) is 1.47. The molecule has 9 nitrogen and oxygen atoms in total. The van der Waals surface area contributed by atoms with Crippen molar-refractivity contribution in [2.45, 2.75) is 26.4 Å². The van der Waals surface area contributed by atoms with Crippen LogP contribution in [0, 0.1) is 15.9 Å². The first kappa shape index (κ1) is 21.9. The van der Waals surface area contributed by atoms with Gasteiger partial charge in [-0.2, -0.15) is 0 Å². The van der Waals surface area contributed by atoms with Crippen LogP contribution in [-0.2, 0) is 11.8 Å². The molecular weight excluding hydrogens is 385 g/mol. The van der Waals surface area contributed by atoms with Gasteiger partial charge in [-0.1, -0.05) is 0 Å². The number of non-ortho nitro benzene ring substituents is 1. The lowest BCUT2D eigenvalue weighted by molar-refractivity contribution is -0.384. The smallest absolute Gasteiger partial charge is 0.407 e. The van der Waals surface area contributed by atoms with Gasteiger partial charge in [0.05, 0.1) is 11.5 Å². The van der Waals surface area contributed by atoms with E-state index in [2.05, 4.69) is 5.32 Å². The number of nitrogens with zero attached hydrogens (tertiary/aromatic N) is 2. The molecule has 0 saturated heterocycles. The minimum absolute atomic E-state index is 0.0318. The summed E-state index contributed by atoms with van der Waals surface area (Å²) in [5.41, 5.74) is -1.26. The number of nitrogens with one attached hydrogen (secondary N) is 1. The standard InChI is InChI=1S/C19H22FN3O6/c1-19(2,3)29-18(25)21-7-8-28-16-10-17(24)22(4)11-14(16)13-9-12(23(26)27)5-6-15(13)20/h5-6,9-11H,7-8H2,1-4H3,(H,21,25). The molecule has 2 aromatic rings. The van der Waals surface area contributed by atoms with E-state index in [0.717, 1.165) is 24.3 Å². The zero-order valence-corrected chi connectivity index (χ0v) is 16.5. The third-order valence-corrected chi connectivity index (χ3v) is 3.67. The Balaban J connectivity index is 2.23. The third kappa shape index (κ3) is 6.03. The SMILES string of the molecule is Cn1cc(-c2cc([N+](=O)[O-])ccc2F)c(OCCNC(=O)OC(C)(C)C)cc1=O. The highest BCUT2D eigenvalue weighted by molar-refractivity contribution is 5.72. The predicted octanol–water partition coefficient (Wildman–Crippen LogP) is 3.00. The second kappa shape index (κ2) is 8.72. The number of hydrogen-bond donors (Lipinski definition) is 1. The van der Waals surface area contributed by atoms with Crippen molar-refractivity contribution >= 4 is 11.8 Å². The number of aromatic nitrogens is 1. The number of pyridine rings is 1. The molecule has 1 heterocycles. The topological polar surface area (TPSA) is 113 Å². The molecule has 156 valence electrons. The van der Waals surface area contributed by atoms with Crippen molar-refractivity contribution in [3.05, 3.63) is 56.7 Å². The van der Waals surface area contributed by atoms with Gasteiger partial charge >= 0.3 is 6.09 Å². The van der Waals surface area contributed by atoms with Gasteiger partial charge in [0.15, 0.2) is 0 Å². The molecule has 1 amide bonds. The molecule has 10 heteroatoms. The quantitative estimate of drug-likeness (QED) is 0.447. The number of nitro benzene ring substituents is 1. The summed E-state index contributed by atoms with van der Waals surface area (Å²) in [6.45, 7) is 5.21. The van der Waals surface area contributed by atoms with Crippen molar-refractivity contribution in [3.8, 4) is 16.9 Å². The van der Waals surface area contributed by atoms with Crippen molar-refractivity contribution in [1.29, 1.82) is 0 Å². The number of nitro groups is 1. The molecule has 0 aliphatic carbocycles. The van der Waals surface area contributed by atoms with Crippen LogP contribution in [0.2, 0.25) is 0 Å². The zero-order valence-electron chi connectivity index (χ0n) is 16.5. The molecule has 0 spiro atoms. The van der Waals surface area contributed by atoms with E-state index >= 15 is 0 Å². The van der Waals surface area contributed by atoms with Gasteiger partial charge in [0.2, 0.25) is 0 Å². The maximum absolute atomic E-state index is 14.3. The van der Waals surface area contributed by atoms with E-state index in [0.29, 0.717) is 0 Å². The monoisotopic (exact) mass is 407 g/mol. The van der Waals surface area contributed by atoms with E-state index < -0.39 is 28.0 Å². The van der Waals surface area contributed by atoms with Crippen molar-refractivity contribution in [2.24, 2.45) is 7.05 Å². The molecule has 0 fully saturated rings. The van der Waals surface area contributed by atoms with Gasteiger partial charge in [-0.3, -0.25) is 14.9 Å². The first-order valence-electron chi connectivity index (χ1n) is 8.72. The number of rotatable bonds is 6. The lowest BCUT2D eigenvalue weighted by Gasteiger charge is -2.19. The van der Waals surface area contributed by atoms with E-state index in [1.165, 1.54) is 17.8 Å². The van der Waals surface area contributed by atoms with Crippen LogP contribution < -0.4 is 15.6 Å². The van der Waals surface area contributed by atoms with Gasteiger partial charge in [0.1, 0.15) is 23.8 Å². The fraction of sp³-hybridized carbons (Fsp3) is 0.368. The molecule has 0 saturated carbocycles. The number of aryl methyl sites for hydroxylation is 1. The summed E-state index contributed by atoms with van der Waals surface area (Å²) in [5, 5.41) is 13.5. The van der Waals surface area contributed by atoms with Gasteiger partial charge in [-0.15, -0.1) is 0 Å². The number of alkyl carbamates (subject to hydrolysis) is 1. The summed E-state index contributed by atoms with van der Waals surface area (Å²) in [6.07, 6.45) is 0.705. The molecule has 0 atom stereocenters. The van der Waals surface area contributed by atoms with Crippen LogP contribution in [0.15, 0.2) is 35.3 Å². The number of amides is 1.